The molecule has 0 aliphatic carbocycles. The Morgan fingerprint density at radius 3 is 2.30 bits per heavy atom. The fourth-order valence-corrected chi connectivity index (χ4v) is 5.64. The van der Waals surface area contributed by atoms with E-state index in [4.69, 9.17) is 0 Å². The Hall–Kier alpha value is -3.38. The van der Waals surface area contributed by atoms with Gasteiger partial charge in [-0.1, -0.05) is 68.4 Å². The highest BCUT2D eigenvalue weighted by Crippen LogP contribution is 2.29. The van der Waals surface area contributed by atoms with Gasteiger partial charge in [0.2, 0.25) is 5.91 Å². The lowest BCUT2D eigenvalue weighted by molar-refractivity contribution is -0.116. The van der Waals surface area contributed by atoms with Crippen molar-refractivity contribution in [3.05, 3.63) is 95.7 Å². The normalized spacial score (nSPS) is 11.8. The number of carbonyl (C=O) groups excluding carboxylic acids is 1. The number of sulfone groups is 1. The van der Waals surface area contributed by atoms with E-state index in [1.54, 1.807) is 16.8 Å². The van der Waals surface area contributed by atoms with Crippen LogP contribution in [0.15, 0.2) is 83.9 Å². The molecule has 4 aromatic rings. The smallest absolute Gasteiger partial charge is 0.244 e. The van der Waals surface area contributed by atoms with E-state index >= 15 is 0 Å². The second kappa shape index (κ2) is 9.24. The van der Waals surface area contributed by atoms with Crippen molar-refractivity contribution < 1.29 is 13.2 Å². The molecular weight excluding hydrogens is 432 g/mol. The van der Waals surface area contributed by atoms with Crippen molar-refractivity contribution in [2.24, 2.45) is 0 Å². The van der Waals surface area contributed by atoms with E-state index in [2.05, 4.69) is 19.2 Å². The topological polar surface area (TPSA) is 68.2 Å². The van der Waals surface area contributed by atoms with Crippen LogP contribution in [0.3, 0.4) is 0 Å². The van der Waals surface area contributed by atoms with E-state index in [1.165, 1.54) is 5.56 Å². The molecule has 170 valence electrons. The largest absolute Gasteiger partial charge is 0.337 e. The average molecular weight is 461 g/mol. The number of nitrogens with one attached hydrogen (secondary N) is 1. The predicted octanol–water partition coefficient (Wildman–Crippen LogP) is 5.69. The zero-order valence-corrected chi connectivity index (χ0v) is 19.9. The number of hydrogen-bond donors (Lipinski definition) is 1. The number of anilines is 1. The quantitative estimate of drug-likeness (QED) is 0.385. The third kappa shape index (κ3) is 5.01. The Kier molecular flexibility index (Phi) is 6.38. The van der Waals surface area contributed by atoms with Crippen molar-refractivity contribution in [2.75, 3.05) is 5.32 Å². The zero-order valence-electron chi connectivity index (χ0n) is 19.1. The number of rotatable bonds is 7. The van der Waals surface area contributed by atoms with Crippen LogP contribution in [-0.2, 0) is 26.9 Å². The first-order chi connectivity index (χ1) is 15.7. The van der Waals surface area contributed by atoms with E-state index in [1.807, 2.05) is 73.7 Å². The van der Waals surface area contributed by atoms with Crippen LogP contribution in [0.1, 0.15) is 36.5 Å². The molecular formula is C27H28N2O3S. The Bertz CT molecular complexity index is 1400. The van der Waals surface area contributed by atoms with Crippen molar-refractivity contribution >= 4 is 32.3 Å². The van der Waals surface area contributed by atoms with Gasteiger partial charge in [0.25, 0.3) is 0 Å². The van der Waals surface area contributed by atoms with Crippen molar-refractivity contribution in [1.29, 1.82) is 0 Å². The first-order valence-corrected chi connectivity index (χ1v) is 12.6. The van der Waals surface area contributed by atoms with Gasteiger partial charge in [0.15, 0.2) is 9.84 Å². The first-order valence-electron chi connectivity index (χ1n) is 11.0. The molecule has 33 heavy (non-hydrogen) atoms. The number of carbonyl (C=O) groups is 1. The average Bonchev–Trinajstić information content (AvgIpc) is 3.15. The molecule has 1 amide bonds. The molecule has 0 atom stereocenters. The maximum absolute atomic E-state index is 13.3. The fourth-order valence-electron chi connectivity index (χ4n) is 3.95. The molecule has 0 radical (unpaired) electrons. The predicted molar refractivity (Wildman–Crippen MR) is 133 cm³/mol. The molecule has 1 heterocycles. The highest BCUT2D eigenvalue weighted by atomic mass is 32.2. The monoisotopic (exact) mass is 460 g/mol. The minimum Gasteiger partial charge on any atom is -0.337 e. The van der Waals surface area contributed by atoms with Crippen molar-refractivity contribution in [2.45, 2.75) is 43.9 Å². The highest BCUT2D eigenvalue weighted by molar-refractivity contribution is 7.90. The van der Waals surface area contributed by atoms with E-state index < -0.39 is 9.84 Å². The number of fused-ring (bicyclic) bond motifs is 1. The molecule has 0 fully saturated rings. The molecule has 6 heteroatoms. The Morgan fingerprint density at radius 2 is 1.61 bits per heavy atom. The second-order valence-electron chi connectivity index (χ2n) is 8.65. The lowest BCUT2D eigenvalue weighted by atomic mass is 10.0. The van der Waals surface area contributed by atoms with Crippen LogP contribution in [-0.4, -0.2) is 18.9 Å². The molecule has 0 bridgehead atoms. The number of nitrogens with zero attached hydrogens (tertiary/aromatic N) is 1. The lowest BCUT2D eigenvalue weighted by Crippen LogP contribution is -2.18. The summed E-state index contributed by atoms with van der Waals surface area (Å²) in [5, 5.41) is 3.53. The van der Waals surface area contributed by atoms with Gasteiger partial charge >= 0.3 is 0 Å². The van der Waals surface area contributed by atoms with E-state index in [0.717, 1.165) is 11.1 Å². The van der Waals surface area contributed by atoms with Crippen LogP contribution in [0, 0.1) is 6.92 Å². The van der Waals surface area contributed by atoms with Crippen molar-refractivity contribution in [3.63, 3.8) is 0 Å². The van der Waals surface area contributed by atoms with Gasteiger partial charge in [-0.25, -0.2) is 8.42 Å². The second-order valence-corrected chi connectivity index (χ2v) is 10.6. The summed E-state index contributed by atoms with van der Waals surface area (Å²) in [6, 6.07) is 22.6. The van der Waals surface area contributed by atoms with Gasteiger partial charge in [0.05, 0.1) is 10.6 Å². The molecule has 0 saturated heterocycles. The summed E-state index contributed by atoms with van der Waals surface area (Å²) in [6.45, 7) is 6.17. The molecule has 4 rings (SSSR count). The number of aryl methyl sites for hydroxylation is 1. The van der Waals surface area contributed by atoms with Crippen LogP contribution in [0.25, 0.3) is 10.9 Å². The first kappa shape index (κ1) is 22.8. The fraction of sp³-hybridized carbons (Fsp3) is 0.222. The number of para-hydroxylation sites is 1. The Labute approximate surface area is 195 Å². The summed E-state index contributed by atoms with van der Waals surface area (Å²) in [5.74, 6) is 0.124. The van der Waals surface area contributed by atoms with E-state index in [0.29, 0.717) is 22.5 Å². The standard InChI is InChI=1S/C27H28N2O3S/c1-19(2)21-12-14-23(15-13-21)28-27(30)17-29-16-26(24-10-6-7-11-25(24)29)33(31,32)18-22-9-5-4-8-20(22)3/h4-16,19H,17-18H2,1-3H3,(H,28,30). The van der Waals surface area contributed by atoms with Gasteiger partial charge in [0.1, 0.15) is 6.54 Å². The van der Waals surface area contributed by atoms with Gasteiger partial charge in [-0.15, -0.1) is 0 Å². The van der Waals surface area contributed by atoms with Crippen molar-refractivity contribution in [3.8, 4) is 0 Å². The number of benzene rings is 3. The maximum atomic E-state index is 13.3. The minimum atomic E-state index is -3.60. The summed E-state index contributed by atoms with van der Waals surface area (Å²) in [4.78, 5) is 13.0. The van der Waals surface area contributed by atoms with Gasteiger partial charge in [-0.2, -0.15) is 0 Å². The summed E-state index contributed by atoms with van der Waals surface area (Å²) in [7, 11) is -3.60. The van der Waals surface area contributed by atoms with Gasteiger partial charge in [0, 0.05) is 22.8 Å². The van der Waals surface area contributed by atoms with E-state index in [-0.39, 0.29) is 23.1 Å². The molecule has 0 aliphatic heterocycles. The number of amides is 1. The van der Waals surface area contributed by atoms with Crippen LogP contribution in [0.4, 0.5) is 5.69 Å². The minimum absolute atomic E-state index is 0.0202. The van der Waals surface area contributed by atoms with Crippen LogP contribution in [0.5, 0.6) is 0 Å². The van der Waals surface area contributed by atoms with Gasteiger partial charge in [-0.05, 0) is 47.7 Å². The number of hydrogen-bond acceptors (Lipinski definition) is 3. The molecule has 0 spiro atoms. The van der Waals surface area contributed by atoms with Gasteiger partial charge in [-0.3, -0.25) is 4.79 Å². The van der Waals surface area contributed by atoms with Crippen LogP contribution in [0.2, 0.25) is 0 Å². The highest BCUT2D eigenvalue weighted by Gasteiger charge is 2.23. The molecule has 5 nitrogen and oxygen atoms in total. The maximum Gasteiger partial charge on any atom is 0.244 e. The van der Waals surface area contributed by atoms with Crippen LogP contribution < -0.4 is 5.32 Å². The zero-order chi connectivity index (χ0) is 23.6. The summed E-state index contributed by atoms with van der Waals surface area (Å²) in [5.41, 5.74) is 4.34. The molecule has 3 aromatic carbocycles. The molecule has 0 aliphatic rings. The molecule has 1 aromatic heterocycles. The molecule has 0 saturated carbocycles. The Balaban J connectivity index is 1.60. The number of aromatic nitrogens is 1. The molecule has 0 unspecified atom stereocenters. The summed E-state index contributed by atoms with van der Waals surface area (Å²) >= 11 is 0. The third-order valence-corrected chi connectivity index (χ3v) is 7.56. The van der Waals surface area contributed by atoms with Gasteiger partial charge < -0.3 is 9.88 Å². The van der Waals surface area contributed by atoms with Crippen molar-refractivity contribution in [1.82, 2.24) is 4.57 Å². The SMILES string of the molecule is Cc1ccccc1CS(=O)(=O)c1cn(CC(=O)Nc2ccc(C(C)C)cc2)c2ccccc12. The summed E-state index contributed by atoms with van der Waals surface area (Å²) < 4.78 is 28.4. The van der Waals surface area contributed by atoms with Crippen LogP contribution >= 0.6 is 0 Å². The molecule has 1 N–H and O–H groups in total. The lowest BCUT2D eigenvalue weighted by Gasteiger charge is -2.09. The summed E-state index contributed by atoms with van der Waals surface area (Å²) in [6.07, 6.45) is 1.58. The van der Waals surface area contributed by atoms with E-state index in [9.17, 15) is 13.2 Å². The third-order valence-electron chi connectivity index (χ3n) is 5.87. The Morgan fingerprint density at radius 1 is 0.939 bits per heavy atom.